The lowest BCUT2D eigenvalue weighted by Gasteiger charge is -2.06. The zero-order valence-corrected chi connectivity index (χ0v) is 16.1. The third-order valence-electron chi connectivity index (χ3n) is 3.97. The standard InChI is InChI=1S/C18H13FN4O3S2/c1-28(25,26)12-4-6-14-16(10-12)27-18(21-14)22-17(24)11-3-5-13(19)15(9-11)23-8-2-7-20-23/h2-10H,1H3,(H,21,22,24). The molecule has 0 atom stereocenters. The van der Waals surface area contributed by atoms with Crippen molar-refractivity contribution in [1.82, 2.24) is 14.8 Å². The number of halogens is 1. The number of rotatable bonds is 4. The van der Waals surface area contributed by atoms with E-state index < -0.39 is 21.6 Å². The second-order valence-corrected chi connectivity index (χ2v) is 9.04. The van der Waals surface area contributed by atoms with E-state index in [1.807, 2.05) is 0 Å². The average molecular weight is 416 g/mol. The Morgan fingerprint density at radius 3 is 2.75 bits per heavy atom. The minimum absolute atomic E-state index is 0.153. The summed E-state index contributed by atoms with van der Waals surface area (Å²) in [5, 5.41) is 6.95. The maximum atomic E-state index is 14.0. The highest BCUT2D eigenvalue weighted by Crippen LogP contribution is 2.28. The summed E-state index contributed by atoms with van der Waals surface area (Å²) in [7, 11) is -3.33. The second-order valence-electron chi connectivity index (χ2n) is 5.99. The first-order chi connectivity index (χ1) is 13.3. The molecule has 0 bridgehead atoms. The van der Waals surface area contributed by atoms with Gasteiger partial charge in [-0.3, -0.25) is 10.1 Å². The van der Waals surface area contributed by atoms with Gasteiger partial charge in [0.05, 0.1) is 15.1 Å². The minimum Gasteiger partial charge on any atom is -0.298 e. The summed E-state index contributed by atoms with van der Waals surface area (Å²) in [5.41, 5.74) is 0.965. The predicted molar refractivity (Wildman–Crippen MR) is 104 cm³/mol. The first-order valence-corrected chi connectivity index (χ1v) is 10.7. The molecule has 0 spiro atoms. The molecule has 0 saturated heterocycles. The number of sulfone groups is 1. The maximum absolute atomic E-state index is 14.0. The number of fused-ring (bicyclic) bond motifs is 1. The molecule has 0 aliphatic heterocycles. The van der Waals surface area contributed by atoms with Crippen LogP contribution in [0.25, 0.3) is 15.9 Å². The fraction of sp³-hybridized carbons (Fsp3) is 0.0556. The van der Waals surface area contributed by atoms with E-state index in [0.717, 1.165) is 17.6 Å². The largest absolute Gasteiger partial charge is 0.298 e. The molecule has 0 unspecified atom stereocenters. The molecule has 0 radical (unpaired) electrons. The van der Waals surface area contributed by atoms with E-state index in [1.165, 1.54) is 41.2 Å². The zero-order chi connectivity index (χ0) is 19.9. The number of amides is 1. The molecule has 2 heterocycles. The van der Waals surface area contributed by atoms with Gasteiger partial charge in [-0.05, 0) is 42.5 Å². The van der Waals surface area contributed by atoms with Crippen molar-refractivity contribution in [2.45, 2.75) is 4.90 Å². The van der Waals surface area contributed by atoms with Gasteiger partial charge in [-0.1, -0.05) is 11.3 Å². The normalized spacial score (nSPS) is 11.6. The molecule has 142 valence electrons. The number of hydrogen-bond acceptors (Lipinski definition) is 6. The minimum atomic E-state index is -3.33. The predicted octanol–water partition coefficient (Wildman–Crippen LogP) is 3.28. The number of hydrogen-bond donors (Lipinski definition) is 1. The number of carbonyl (C=O) groups is 1. The van der Waals surface area contributed by atoms with Gasteiger partial charge >= 0.3 is 0 Å². The smallest absolute Gasteiger partial charge is 0.257 e. The number of aromatic nitrogens is 3. The third kappa shape index (κ3) is 3.51. The number of thiazole rings is 1. The molecular weight excluding hydrogens is 403 g/mol. The van der Waals surface area contributed by atoms with Crippen LogP contribution in [0.4, 0.5) is 9.52 Å². The van der Waals surface area contributed by atoms with Gasteiger partial charge in [0, 0.05) is 24.2 Å². The maximum Gasteiger partial charge on any atom is 0.257 e. The van der Waals surface area contributed by atoms with Gasteiger partial charge < -0.3 is 0 Å². The van der Waals surface area contributed by atoms with E-state index in [4.69, 9.17) is 0 Å². The number of nitrogens with zero attached hydrogens (tertiary/aromatic N) is 3. The number of nitrogens with one attached hydrogen (secondary N) is 1. The van der Waals surface area contributed by atoms with Crippen LogP contribution in [0.3, 0.4) is 0 Å². The van der Waals surface area contributed by atoms with Gasteiger partial charge in [-0.15, -0.1) is 0 Å². The zero-order valence-electron chi connectivity index (χ0n) is 14.5. The molecule has 10 heteroatoms. The Labute approximate surface area is 163 Å². The van der Waals surface area contributed by atoms with Crippen LogP contribution in [-0.2, 0) is 9.84 Å². The van der Waals surface area contributed by atoms with E-state index >= 15 is 0 Å². The topological polar surface area (TPSA) is 94.0 Å². The molecule has 1 N–H and O–H groups in total. The van der Waals surface area contributed by atoms with Gasteiger partial charge in [-0.25, -0.2) is 22.5 Å². The van der Waals surface area contributed by atoms with Gasteiger partial charge in [0.25, 0.3) is 5.91 Å². The first-order valence-electron chi connectivity index (χ1n) is 8.03. The fourth-order valence-electron chi connectivity index (χ4n) is 2.60. The van der Waals surface area contributed by atoms with E-state index in [2.05, 4.69) is 15.4 Å². The molecule has 28 heavy (non-hydrogen) atoms. The molecule has 0 aliphatic rings. The lowest BCUT2D eigenvalue weighted by atomic mass is 10.2. The van der Waals surface area contributed by atoms with E-state index in [-0.39, 0.29) is 16.1 Å². The van der Waals surface area contributed by atoms with Crippen LogP contribution in [0.1, 0.15) is 10.4 Å². The first kappa shape index (κ1) is 18.3. The van der Waals surface area contributed by atoms with Crippen LogP contribution in [0.5, 0.6) is 0 Å². The van der Waals surface area contributed by atoms with Crippen molar-refractivity contribution >= 4 is 42.4 Å². The molecule has 7 nitrogen and oxygen atoms in total. The lowest BCUT2D eigenvalue weighted by molar-refractivity contribution is 0.102. The van der Waals surface area contributed by atoms with E-state index in [9.17, 15) is 17.6 Å². The Bertz CT molecular complexity index is 1300. The van der Waals surface area contributed by atoms with Gasteiger partial charge in [-0.2, -0.15) is 5.10 Å². The van der Waals surface area contributed by atoms with Gasteiger partial charge in [0.2, 0.25) is 0 Å². The Morgan fingerprint density at radius 2 is 2.04 bits per heavy atom. The number of carbonyl (C=O) groups excluding carboxylic acids is 1. The summed E-state index contributed by atoms with van der Waals surface area (Å²) in [6.45, 7) is 0. The Morgan fingerprint density at radius 1 is 1.21 bits per heavy atom. The number of anilines is 1. The molecule has 1 amide bonds. The fourth-order valence-corrected chi connectivity index (χ4v) is 4.22. The van der Waals surface area contributed by atoms with Crippen molar-refractivity contribution in [1.29, 1.82) is 0 Å². The number of benzene rings is 2. The van der Waals surface area contributed by atoms with Crippen molar-refractivity contribution in [2.24, 2.45) is 0 Å². The van der Waals surface area contributed by atoms with Crippen LogP contribution in [0, 0.1) is 5.82 Å². The highest BCUT2D eigenvalue weighted by Gasteiger charge is 2.15. The Balaban J connectivity index is 1.63. The van der Waals surface area contributed by atoms with Crippen LogP contribution in [-0.4, -0.2) is 35.3 Å². The molecule has 4 aromatic rings. The second kappa shape index (κ2) is 6.80. The van der Waals surface area contributed by atoms with Crippen molar-refractivity contribution in [3.05, 3.63) is 66.2 Å². The van der Waals surface area contributed by atoms with Crippen molar-refractivity contribution in [3.63, 3.8) is 0 Å². The quantitative estimate of drug-likeness (QED) is 0.551. The lowest BCUT2D eigenvalue weighted by Crippen LogP contribution is -2.12. The molecule has 2 aromatic heterocycles. The average Bonchev–Trinajstić information content (AvgIpc) is 3.29. The summed E-state index contributed by atoms with van der Waals surface area (Å²) < 4.78 is 39.4. The molecule has 0 fully saturated rings. The van der Waals surface area contributed by atoms with Crippen LogP contribution in [0.15, 0.2) is 59.8 Å². The summed E-state index contributed by atoms with van der Waals surface area (Å²) in [4.78, 5) is 17.0. The van der Waals surface area contributed by atoms with Crippen molar-refractivity contribution < 1.29 is 17.6 Å². The van der Waals surface area contributed by atoms with Crippen molar-refractivity contribution in [3.8, 4) is 5.69 Å². The van der Waals surface area contributed by atoms with E-state index in [0.29, 0.717) is 15.3 Å². The summed E-state index contributed by atoms with van der Waals surface area (Å²) in [5.74, 6) is -0.968. The molecule has 2 aromatic carbocycles. The summed E-state index contributed by atoms with van der Waals surface area (Å²) >= 11 is 1.16. The van der Waals surface area contributed by atoms with Crippen LogP contribution < -0.4 is 5.32 Å². The van der Waals surface area contributed by atoms with Gasteiger partial charge in [0.1, 0.15) is 11.5 Å². The molecular formula is C18H13FN4O3S2. The highest BCUT2D eigenvalue weighted by molar-refractivity contribution is 7.90. The molecule has 0 saturated carbocycles. The monoisotopic (exact) mass is 416 g/mol. The third-order valence-corrected chi connectivity index (χ3v) is 6.01. The highest BCUT2D eigenvalue weighted by atomic mass is 32.2. The molecule has 0 aliphatic carbocycles. The Kier molecular flexibility index (Phi) is 4.44. The molecule has 4 rings (SSSR count). The van der Waals surface area contributed by atoms with Crippen LogP contribution in [0.2, 0.25) is 0 Å². The van der Waals surface area contributed by atoms with E-state index in [1.54, 1.807) is 18.3 Å². The summed E-state index contributed by atoms with van der Waals surface area (Å²) in [6.07, 6.45) is 4.22. The summed E-state index contributed by atoms with van der Waals surface area (Å²) in [6, 6.07) is 10.2. The Hall–Kier alpha value is -3.11. The van der Waals surface area contributed by atoms with Crippen LogP contribution >= 0.6 is 11.3 Å². The van der Waals surface area contributed by atoms with Crippen molar-refractivity contribution in [2.75, 3.05) is 11.6 Å². The van der Waals surface area contributed by atoms with Gasteiger partial charge in [0.15, 0.2) is 15.0 Å². The SMILES string of the molecule is CS(=O)(=O)c1ccc2nc(NC(=O)c3ccc(F)c(-n4cccn4)c3)sc2c1.